The van der Waals surface area contributed by atoms with E-state index in [0.717, 1.165) is 16.6 Å². The molecule has 1 heterocycles. The van der Waals surface area contributed by atoms with Crippen molar-refractivity contribution in [2.45, 2.75) is 27.0 Å². The van der Waals surface area contributed by atoms with Gasteiger partial charge < -0.3 is 19.8 Å². The van der Waals surface area contributed by atoms with Crippen LogP contribution in [0.25, 0.3) is 22.2 Å². The van der Waals surface area contributed by atoms with Crippen LogP contribution in [0, 0.1) is 0 Å². The number of amides is 1. The second-order valence-electron chi connectivity index (χ2n) is 5.99. The number of aromatic nitrogens is 1. The number of aryl methyl sites for hydroxylation is 1. The van der Waals surface area contributed by atoms with E-state index in [1.54, 1.807) is 31.2 Å². The van der Waals surface area contributed by atoms with Gasteiger partial charge in [-0.25, -0.2) is 4.79 Å². The number of fused-ring (bicyclic) bond motifs is 1. The predicted molar refractivity (Wildman–Crippen MR) is 105 cm³/mol. The zero-order valence-electron chi connectivity index (χ0n) is 15.5. The van der Waals surface area contributed by atoms with Crippen LogP contribution in [0.1, 0.15) is 13.8 Å². The van der Waals surface area contributed by atoms with E-state index in [0.29, 0.717) is 23.4 Å². The lowest BCUT2D eigenvalue weighted by atomic mass is 10.1. The maximum atomic E-state index is 12.5. The summed E-state index contributed by atoms with van der Waals surface area (Å²) in [7, 11) is 0. The molecule has 6 nitrogen and oxygen atoms in total. The van der Waals surface area contributed by atoms with Crippen molar-refractivity contribution < 1.29 is 23.0 Å². The Morgan fingerprint density at radius 2 is 1.89 bits per heavy atom. The van der Waals surface area contributed by atoms with Gasteiger partial charge >= 0.3 is 12.7 Å². The highest BCUT2D eigenvalue weighted by Crippen LogP contribution is 2.38. The highest BCUT2D eigenvalue weighted by molar-refractivity contribution is 6.01. The summed E-state index contributed by atoms with van der Waals surface area (Å²) in [6.07, 6.45) is -0.524. The van der Waals surface area contributed by atoms with Crippen LogP contribution in [-0.2, 0) is 11.3 Å². The fourth-order valence-corrected chi connectivity index (χ4v) is 3.17. The molecule has 0 saturated carbocycles. The van der Waals surface area contributed by atoms with Gasteiger partial charge in [0.1, 0.15) is 5.75 Å². The third-order valence-electron chi connectivity index (χ3n) is 4.30. The lowest BCUT2D eigenvalue weighted by Gasteiger charge is -2.11. The predicted octanol–water partition coefficient (Wildman–Crippen LogP) is 5.08. The third kappa shape index (κ3) is 3.85. The summed E-state index contributed by atoms with van der Waals surface area (Å²) in [5.41, 5.74) is 9.81. The first-order valence-corrected chi connectivity index (χ1v) is 8.85. The average Bonchev–Trinajstić information content (AvgIpc) is 2.93. The summed E-state index contributed by atoms with van der Waals surface area (Å²) in [6, 6.07) is 11.9. The number of ether oxygens (including phenoxy) is 2. The quantitative estimate of drug-likeness (QED) is 0.616. The van der Waals surface area contributed by atoms with Crippen LogP contribution in [0.4, 0.5) is 25.0 Å². The zero-order valence-corrected chi connectivity index (χ0v) is 15.5. The SMILES string of the molecule is CCOC(=O)Nc1ccc(-c2c(N)c3ccc(OC(F)F)cc3n2CC)cc1. The Bertz CT molecular complexity index is 985. The van der Waals surface area contributed by atoms with Gasteiger partial charge in [0, 0.05) is 29.2 Å². The number of nitrogens with two attached hydrogens (primary N) is 1. The minimum Gasteiger partial charge on any atom is -0.450 e. The third-order valence-corrected chi connectivity index (χ3v) is 4.30. The molecular formula is C20H21F2N3O3. The molecule has 0 radical (unpaired) electrons. The van der Waals surface area contributed by atoms with Crippen molar-refractivity contribution in [3.63, 3.8) is 0 Å². The van der Waals surface area contributed by atoms with Crippen LogP contribution < -0.4 is 15.8 Å². The number of carbonyl (C=O) groups excluding carboxylic acids is 1. The average molecular weight is 389 g/mol. The molecular weight excluding hydrogens is 368 g/mol. The smallest absolute Gasteiger partial charge is 0.411 e. The van der Waals surface area contributed by atoms with E-state index in [4.69, 9.17) is 10.5 Å². The standard InChI is InChI=1S/C20H21F2N3O3/c1-3-25-16-11-14(28-19(21)22)9-10-15(16)17(23)18(25)12-5-7-13(8-6-12)24-20(26)27-4-2/h5-11,19H,3-4,23H2,1-2H3,(H,24,26). The van der Waals surface area contributed by atoms with E-state index in [1.807, 2.05) is 23.6 Å². The number of hydrogen-bond acceptors (Lipinski definition) is 4. The first kappa shape index (κ1) is 19.5. The second kappa shape index (κ2) is 8.16. The van der Waals surface area contributed by atoms with Crippen LogP contribution >= 0.6 is 0 Å². The molecule has 1 aromatic heterocycles. The molecule has 148 valence electrons. The summed E-state index contributed by atoms with van der Waals surface area (Å²) in [5, 5.41) is 3.39. The molecule has 28 heavy (non-hydrogen) atoms. The van der Waals surface area contributed by atoms with Crippen molar-refractivity contribution in [2.24, 2.45) is 0 Å². The molecule has 1 amide bonds. The van der Waals surface area contributed by atoms with Crippen molar-refractivity contribution in [1.82, 2.24) is 4.57 Å². The fourth-order valence-electron chi connectivity index (χ4n) is 3.17. The molecule has 3 N–H and O–H groups in total. The Kier molecular flexibility index (Phi) is 5.67. The molecule has 0 aliphatic carbocycles. The molecule has 0 aliphatic heterocycles. The number of benzene rings is 2. The summed E-state index contributed by atoms with van der Waals surface area (Å²) < 4.78 is 36.4. The van der Waals surface area contributed by atoms with Crippen molar-refractivity contribution in [1.29, 1.82) is 0 Å². The summed E-state index contributed by atoms with van der Waals surface area (Å²) in [5.74, 6) is 0.0789. The molecule has 8 heteroatoms. The van der Waals surface area contributed by atoms with Crippen molar-refractivity contribution in [2.75, 3.05) is 17.7 Å². The lowest BCUT2D eigenvalue weighted by Crippen LogP contribution is -2.13. The maximum absolute atomic E-state index is 12.5. The van der Waals surface area contributed by atoms with Crippen LogP contribution in [0.15, 0.2) is 42.5 Å². The van der Waals surface area contributed by atoms with Gasteiger partial charge in [-0.05, 0) is 38.1 Å². The fraction of sp³-hybridized carbons (Fsp3) is 0.250. The number of carbonyl (C=O) groups is 1. The molecule has 0 bridgehead atoms. The van der Waals surface area contributed by atoms with Gasteiger partial charge in [0.15, 0.2) is 0 Å². The normalized spacial score (nSPS) is 11.0. The highest BCUT2D eigenvalue weighted by Gasteiger charge is 2.17. The summed E-state index contributed by atoms with van der Waals surface area (Å²) >= 11 is 0. The number of anilines is 2. The van der Waals surface area contributed by atoms with E-state index in [-0.39, 0.29) is 12.4 Å². The van der Waals surface area contributed by atoms with E-state index < -0.39 is 12.7 Å². The molecule has 0 spiro atoms. The van der Waals surface area contributed by atoms with Crippen molar-refractivity contribution in [3.05, 3.63) is 42.5 Å². The molecule has 0 aliphatic rings. The molecule has 2 aromatic carbocycles. The van der Waals surface area contributed by atoms with Gasteiger partial charge in [0.05, 0.1) is 23.5 Å². The highest BCUT2D eigenvalue weighted by atomic mass is 19.3. The summed E-state index contributed by atoms with van der Waals surface area (Å²) in [4.78, 5) is 11.5. The van der Waals surface area contributed by atoms with Gasteiger partial charge in [-0.15, -0.1) is 0 Å². The number of nitrogens with zero attached hydrogens (tertiary/aromatic N) is 1. The number of nitrogens with one attached hydrogen (secondary N) is 1. The van der Waals surface area contributed by atoms with Gasteiger partial charge in [-0.2, -0.15) is 8.78 Å². The first-order valence-electron chi connectivity index (χ1n) is 8.85. The van der Waals surface area contributed by atoms with Gasteiger partial charge in [-0.3, -0.25) is 5.32 Å². The van der Waals surface area contributed by atoms with E-state index in [2.05, 4.69) is 10.1 Å². The van der Waals surface area contributed by atoms with Gasteiger partial charge in [0.25, 0.3) is 0 Å². The molecule has 0 saturated heterocycles. The Hall–Kier alpha value is -3.29. The van der Waals surface area contributed by atoms with Crippen molar-refractivity contribution >= 4 is 28.4 Å². The Morgan fingerprint density at radius 3 is 2.50 bits per heavy atom. The van der Waals surface area contributed by atoms with Gasteiger partial charge in [0.2, 0.25) is 0 Å². The molecule has 0 atom stereocenters. The maximum Gasteiger partial charge on any atom is 0.411 e. The molecule has 0 unspecified atom stereocenters. The second-order valence-corrected chi connectivity index (χ2v) is 5.99. The van der Waals surface area contributed by atoms with E-state index >= 15 is 0 Å². The number of nitrogen functional groups attached to an aromatic ring is 1. The molecule has 0 fully saturated rings. The molecule has 3 aromatic rings. The van der Waals surface area contributed by atoms with E-state index in [1.165, 1.54) is 6.07 Å². The monoisotopic (exact) mass is 389 g/mol. The van der Waals surface area contributed by atoms with E-state index in [9.17, 15) is 13.6 Å². The molecule has 3 rings (SSSR count). The first-order chi connectivity index (χ1) is 13.4. The minimum absolute atomic E-state index is 0.0789. The largest absolute Gasteiger partial charge is 0.450 e. The summed E-state index contributed by atoms with van der Waals surface area (Å²) in [6.45, 7) is 1.66. The van der Waals surface area contributed by atoms with Crippen LogP contribution in [0.3, 0.4) is 0 Å². The minimum atomic E-state index is -2.89. The number of alkyl halides is 2. The Morgan fingerprint density at radius 1 is 1.18 bits per heavy atom. The van der Waals surface area contributed by atoms with Crippen LogP contribution in [-0.4, -0.2) is 23.9 Å². The number of hydrogen-bond donors (Lipinski definition) is 2. The topological polar surface area (TPSA) is 78.5 Å². The lowest BCUT2D eigenvalue weighted by molar-refractivity contribution is -0.0497. The van der Waals surface area contributed by atoms with Gasteiger partial charge in [-0.1, -0.05) is 12.1 Å². The van der Waals surface area contributed by atoms with Crippen LogP contribution in [0.5, 0.6) is 5.75 Å². The number of halogens is 2. The Labute approximate surface area is 160 Å². The van der Waals surface area contributed by atoms with Crippen LogP contribution in [0.2, 0.25) is 0 Å². The Balaban J connectivity index is 2.00. The number of rotatable bonds is 6. The zero-order chi connectivity index (χ0) is 20.3. The van der Waals surface area contributed by atoms with Crippen molar-refractivity contribution in [3.8, 4) is 17.0 Å².